The average molecular weight is 417 g/mol. The second-order valence-electron chi connectivity index (χ2n) is 8.54. The van der Waals surface area contributed by atoms with Crippen molar-refractivity contribution < 1.29 is 19.1 Å². The highest BCUT2D eigenvalue weighted by Gasteiger charge is 2.54. The number of aromatic nitrogens is 1. The van der Waals surface area contributed by atoms with Crippen molar-refractivity contribution in [2.24, 2.45) is 11.8 Å². The normalized spacial score (nSPS) is 25.6. The quantitative estimate of drug-likeness (QED) is 0.608. The molecule has 6 rings (SSSR count). The monoisotopic (exact) mass is 417 g/mol. The van der Waals surface area contributed by atoms with Crippen molar-refractivity contribution in [1.82, 2.24) is 15.6 Å². The van der Waals surface area contributed by atoms with Gasteiger partial charge in [-0.15, -0.1) is 0 Å². The van der Waals surface area contributed by atoms with Crippen LogP contribution in [0.2, 0.25) is 0 Å². The van der Waals surface area contributed by atoms with E-state index >= 15 is 0 Å². The van der Waals surface area contributed by atoms with Crippen LogP contribution in [0.25, 0.3) is 10.9 Å². The number of ether oxygens (including phenoxy) is 2. The third-order valence-electron chi connectivity index (χ3n) is 6.88. The lowest BCUT2D eigenvalue weighted by atomic mass is 9.88. The first-order chi connectivity index (χ1) is 15.2. The van der Waals surface area contributed by atoms with Crippen molar-refractivity contribution in [2.75, 3.05) is 26.9 Å². The maximum atomic E-state index is 13.1. The lowest BCUT2D eigenvalue weighted by Crippen LogP contribution is -2.30. The van der Waals surface area contributed by atoms with Crippen molar-refractivity contribution in [3.8, 4) is 5.75 Å². The van der Waals surface area contributed by atoms with E-state index in [4.69, 9.17) is 9.47 Å². The van der Waals surface area contributed by atoms with Gasteiger partial charge in [0.05, 0.1) is 25.4 Å². The minimum atomic E-state index is -0.261. The molecule has 2 fully saturated rings. The fourth-order valence-electron chi connectivity index (χ4n) is 5.12. The van der Waals surface area contributed by atoms with E-state index in [9.17, 15) is 9.59 Å². The number of nitrogens with one attached hydrogen (secondary N) is 3. The number of aromatic amines is 1. The summed E-state index contributed by atoms with van der Waals surface area (Å²) in [6.45, 7) is 1.85. The van der Waals surface area contributed by atoms with E-state index < -0.39 is 0 Å². The number of rotatable bonds is 4. The van der Waals surface area contributed by atoms with Gasteiger partial charge in [0.25, 0.3) is 11.8 Å². The van der Waals surface area contributed by atoms with Crippen molar-refractivity contribution >= 4 is 22.7 Å². The van der Waals surface area contributed by atoms with E-state index in [-0.39, 0.29) is 23.8 Å². The van der Waals surface area contributed by atoms with Gasteiger partial charge in [-0.2, -0.15) is 0 Å². The number of hydrogen-bond acceptors (Lipinski definition) is 4. The molecule has 2 amide bonds. The van der Waals surface area contributed by atoms with E-state index in [1.165, 1.54) is 0 Å². The lowest BCUT2D eigenvalue weighted by molar-refractivity contribution is 0.0929. The number of benzene rings is 2. The molecule has 1 aromatic heterocycles. The largest absolute Gasteiger partial charge is 0.491 e. The molecule has 1 aliphatic carbocycles. The number of amides is 2. The van der Waals surface area contributed by atoms with Crippen LogP contribution in [0.3, 0.4) is 0 Å². The first-order valence-corrected chi connectivity index (χ1v) is 10.6. The minimum Gasteiger partial charge on any atom is -0.491 e. The van der Waals surface area contributed by atoms with Crippen molar-refractivity contribution in [1.29, 1.82) is 0 Å². The van der Waals surface area contributed by atoms with Crippen LogP contribution in [0.1, 0.15) is 37.8 Å². The molecule has 1 unspecified atom stereocenters. The number of fused-ring (bicyclic) bond motifs is 3. The van der Waals surface area contributed by atoms with Crippen LogP contribution in [-0.2, 0) is 4.74 Å². The third kappa shape index (κ3) is 2.84. The second-order valence-corrected chi connectivity index (χ2v) is 8.54. The van der Waals surface area contributed by atoms with Crippen LogP contribution in [0, 0.1) is 11.8 Å². The number of carbonyl (C=O) groups excluding carboxylic acids is 2. The Hall–Kier alpha value is -3.32. The topological polar surface area (TPSA) is 92.5 Å². The zero-order chi connectivity index (χ0) is 21.1. The summed E-state index contributed by atoms with van der Waals surface area (Å²) in [7, 11) is 1.58. The van der Waals surface area contributed by atoms with Crippen molar-refractivity contribution in [2.45, 2.75) is 12.0 Å². The first kappa shape index (κ1) is 18.4. The Kier molecular flexibility index (Phi) is 4.08. The Morgan fingerprint density at radius 1 is 1.03 bits per heavy atom. The van der Waals surface area contributed by atoms with Crippen LogP contribution in [0.15, 0.2) is 42.6 Å². The fraction of sp³-hybridized carbons (Fsp3) is 0.333. The Labute approximate surface area is 179 Å². The highest BCUT2D eigenvalue weighted by molar-refractivity contribution is 6.02. The summed E-state index contributed by atoms with van der Waals surface area (Å²) in [4.78, 5) is 28.9. The molecule has 1 saturated carbocycles. The average Bonchev–Trinajstić information content (AvgIpc) is 3.29. The number of hydrogen-bond donors (Lipinski definition) is 3. The van der Waals surface area contributed by atoms with Crippen LogP contribution in [-0.4, -0.2) is 49.7 Å². The summed E-state index contributed by atoms with van der Waals surface area (Å²) in [5.41, 5.74) is 3.92. The van der Waals surface area contributed by atoms with Gasteiger partial charge in [-0.1, -0.05) is 12.1 Å². The maximum absolute atomic E-state index is 13.1. The van der Waals surface area contributed by atoms with Crippen molar-refractivity contribution in [3.63, 3.8) is 0 Å². The predicted octanol–water partition coefficient (Wildman–Crippen LogP) is 2.43. The standard InChI is InChI=1S/C24H23N3O4/c1-25-24(29)16-8-12(23(28)27-21-18-9-30-10-19(18)21)7-15-17(11-31-22(15)16)13-3-2-4-20-14(13)5-6-26-20/h2-8,17-19,21,26H,9-11H2,1H3,(H,25,29)(H,27,28)/t17-,18-,19+,21?/m0/s1. The molecular formula is C24H23N3O4. The summed E-state index contributed by atoms with van der Waals surface area (Å²) >= 11 is 0. The SMILES string of the molecule is CNC(=O)c1cc(C(=O)NC2[C@H]3COC[C@@H]23)cc2c1OC[C@H]2c1cccc2[nH]ccc12. The fourth-order valence-corrected chi connectivity index (χ4v) is 5.12. The molecule has 7 heteroatoms. The third-order valence-corrected chi connectivity index (χ3v) is 6.88. The highest BCUT2D eigenvalue weighted by atomic mass is 16.5. The van der Waals surface area contributed by atoms with E-state index in [0.29, 0.717) is 48.5 Å². The summed E-state index contributed by atoms with van der Waals surface area (Å²) in [6.07, 6.45) is 1.92. The van der Waals surface area contributed by atoms with E-state index in [1.807, 2.05) is 30.5 Å². The molecule has 4 atom stereocenters. The molecule has 158 valence electrons. The first-order valence-electron chi connectivity index (χ1n) is 10.6. The van der Waals surface area contributed by atoms with Gasteiger partial charge in [0.15, 0.2) is 0 Å². The van der Waals surface area contributed by atoms with Crippen LogP contribution >= 0.6 is 0 Å². The molecule has 2 aromatic carbocycles. The second kappa shape index (κ2) is 6.85. The van der Waals surface area contributed by atoms with Gasteiger partial charge in [-0.05, 0) is 29.8 Å². The van der Waals surface area contributed by atoms with Gasteiger partial charge in [0, 0.05) is 59.1 Å². The molecule has 0 radical (unpaired) electrons. The van der Waals surface area contributed by atoms with E-state index in [2.05, 4.69) is 21.7 Å². The minimum absolute atomic E-state index is 0.0561. The van der Waals surface area contributed by atoms with Gasteiger partial charge < -0.3 is 25.1 Å². The molecule has 3 aromatic rings. The van der Waals surface area contributed by atoms with E-state index in [0.717, 1.165) is 22.0 Å². The zero-order valence-corrected chi connectivity index (χ0v) is 17.1. The molecule has 3 N–H and O–H groups in total. The summed E-state index contributed by atoms with van der Waals surface area (Å²) in [5, 5.41) is 6.92. The summed E-state index contributed by atoms with van der Waals surface area (Å²) in [6, 6.07) is 11.9. The van der Waals surface area contributed by atoms with Gasteiger partial charge in [0.2, 0.25) is 0 Å². The summed E-state index contributed by atoms with van der Waals surface area (Å²) in [5.74, 6) is 0.920. The molecule has 0 spiro atoms. The molecule has 1 saturated heterocycles. The predicted molar refractivity (Wildman–Crippen MR) is 115 cm³/mol. The molecule has 2 aliphatic heterocycles. The zero-order valence-electron chi connectivity index (χ0n) is 17.1. The van der Waals surface area contributed by atoms with Crippen LogP contribution < -0.4 is 15.4 Å². The number of H-pyrrole nitrogens is 1. The number of carbonyl (C=O) groups is 2. The molecular weight excluding hydrogens is 394 g/mol. The van der Waals surface area contributed by atoms with Crippen molar-refractivity contribution in [3.05, 3.63) is 64.8 Å². The Morgan fingerprint density at radius 2 is 1.87 bits per heavy atom. The lowest BCUT2D eigenvalue weighted by Gasteiger charge is -2.14. The smallest absolute Gasteiger partial charge is 0.254 e. The highest BCUT2D eigenvalue weighted by Crippen LogP contribution is 2.45. The van der Waals surface area contributed by atoms with Crippen LogP contribution in [0.5, 0.6) is 5.75 Å². The van der Waals surface area contributed by atoms with Gasteiger partial charge >= 0.3 is 0 Å². The molecule has 3 aliphatic rings. The molecule has 31 heavy (non-hydrogen) atoms. The summed E-state index contributed by atoms with van der Waals surface area (Å²) < 4.78 is 11.4. The van der Waals surface area contributed by atoms with Crippen LogP contribution in [0.4, 0.5) is 0 Å². The molecule has 3 heterocycles. The maximum Gasteiger partial charge on any atom is 0.254 e. The Balaban J connectivity index is 1.40. The Morgan fingerprint density at radius 3 is 2.68 bits per heavy atom. The van der Waals surface area contributed by atoms with Gasteiger partial charge in [-0.25, -0.2) is 0 Å². The molecule has 0 bridgehead atoms. The van der Waals surface area contributed by atoms with Gasteiger partial charge in [0.1, 0.15) is 5.75 Å². The molecule has 7 nitrogen and oxygen atoms in total. The Bertz CT molecular complexity index is 1210. The van der Waals surface area contributed by atoms with E-state index in [1.54, 1.807) is 13.1 Å². The van der Waals surface area contributed by atoms with Gasteiger partial charge in [-0.3, -0.25) is 9.59 Å².